The molecule has 1 atom stereocenters. The lowest BCUT2D eigenvalue weighted by Crippen LogP contribution is -2.40. The number of benzene rings is 1. The predicted octanol–water partition coefficient (Wildman–Crippen LogP) is 3.32. The highest BCUT2D eigenvalue weighted by Crippen LogP contribution is 2.21. The molecule has 0 aromatic heterocycles. The van der Waals surface area contributed by atoms with Gasteiger partial charge in [-0.25, -0.2) is 9.69 Å². The maximum absolute atomic E-state index is 12.4. The Morgan fingerprint density at radius 1 is 1.38 bits per heavy atom. The summed E-state index contributed by atoms with van der Waals surface area (Å²) in [5.74, 6) is -0.299. The second-order valence-electron chi connectivity index (χ2n) is 5.30. The quantitative estimate of drug-likeness (QED) is 0.754. The molecule has 0 radical (unpaired) electrons. The van der Waals surface area contributed by atoms with Gasteiger partial charge in [0.1, 0.15) is 6.61 Å². The van der Waals surface area contributed by atoms with Crippen LogP contribution < -0.4 is 0 Å². The van der Waals surface area contributed by atoms with Crippen molar-refractivity contribution in [3.8, 4) is 0 Å². The Bertz CT molecular complexity index is 524. The summed E-state index contributed by atoms with van der Waals surface area (Å²) < 4.78 is 5.05. The van der Waals surface area contributed by atoms with E-state index < -0.39 is 6.09 Å². The van der Waals surface area contributed by atoms with Gasteiger partial charge in [0.15, 0.2) is 0 Å². The Hall–Kier alpha value is -2.10. The number of carbonyl (C=O) groups is 2. The molecule has 0 unspecified atom stereocenters. The molecule has 0 N–H and O–H groups in total. The van der Waals surface area contributed by atoms with Crippen molar-refractivity contribution in [3.05, 3.63) is 48.0 Å². The van der Waals surface area contributed by atoms with Crippen molar-refractivity contribution >= 4 is 12.0 Å². The first kappa shape index (κ1) is 15.3. The minimum atomic E-state index is -0.557. The van der Waals surface area contributed by atoms with Crippen LogP contribution >= 0.6 is 0 Å². The van der Waals surface area contributed by atoms with Gasteiger partial charge in [-0.15, -0.1) is 0 Å². The van der Waals surface area contributed by atoms with Crippen LogP contribution in [0, 0.1) is 0 Å². The van der Waals surface area contributed by atoms with Crippen LogP contribution in [-0.4, -0.2) is 29.5 Å². The van der Waals surface area contributed by atoms with Crippen LogP contribution in [0.3, 0.4) is 0 Å². The molecule has 1 fully saturated rings. The number of cyclic esters (lactones) is 1. The molecule has 0 saturated carbocycles. The van der Waals surface area contributed by atoms with Crippen LogP contribution in [-0.2, 0) is 16.0 Å². The monoisotopic (exact) mass is 287 g/mol. The summed E-state index contributed by atoms with van der Waals surface area (Å²) in [6.07, 6.45) is 2.57. The Balaban J connectivity index is 2.06. The van der Waals surface area contributed by atoms with E-state index in [1.54, 1.807) is 0 Å². The molecule has 1 aliphatic rings. The molecule has 0 spiro atoms. The maximum Gasteiger partial charge on any atom is 0.417 e. The van der Waals surface area contributed by atoms with E-state index in [2.05, 4.69) is 13.5 Å². The Labute approximate surface area is 125 Å². The van der Waals surface area contributed by atoms with E-state index in [9.17, 15) is 9.59 Å². The topological polar surface area (TPSA) is 46.6 Å². The van der Waals surface area contributed by atoms with Crippen LogP contribution in [0.25, 0.3) is 0 Å². The molecule has 21 heavy (non-hydrogen) atoms. The van der Waals surface area contributed by atoms with Crippen LogP contribution in [0.4, 0.5) is 4.79 Å². The fourth-order valence-electron chi connectivity index (χ4n) is 2.41. The maximum atomic E-state index is 12.4. The summed E-state index contributed by atoms with van der Waals surface area (Å²) in [6, 6.07) is 9.55. The minimum absolute atomic E-state index is 0.245. The van der Waals surface area contributed by atoms with Gasteiger partial charge in [-0.1, -0.05) is 50.3 Å². The smallest absolute Gasteiger partial charge is 0.417 e. The van der Waals surface area contributed by atoms with Gasteiger partial charge in [0.2, 0.25) is 0 Å². The van der Waals surface area contributed by atoms with E-state index in [1.807, 2.05) is 30.3 Å². The first-order valence-electron chi connectivity index (χ1n) is 7.35. The van der Waals surface area contributed by atoms with Gasteiger partial charge in [-0.3, -0.25) is 4.79 Å². The first-order valence-corrected chi connectivity index (χ1v) is 7.35. The number of rotatable bonds is 6. The molecule has 112 valence electrons. The lowest BCUT2D eigenvalue weighted by Gasteiger charge is -2.20. The van der Waals surface area contributed by atoms with Gasteiger partial charge < -0.3 is 4.74 Å². The minimum Gasteiger partial charge on any atom is -0.447 e. The third kappa shape index (κ3) is 3.72. The molecule has 4 nitrogen and oxygen atoms in total. The zero-order chi connectivity index (χ0) is 15.2. The van der Waals surface area contributed by atoms with E-state index in [4.69, 9.17) is 4.74 Å². The lowest BCUT2D eigenvalue weighted by molar-refractivity contribution is -0.125. The molecule has 1 aromatic carbocycles. The van der Waals surface area contributed by atoms with Gasteiger partial charge in [0, 0.05) is 5.57 Å². The highest BCUT2D eigenvalue weighted by atomic mass is 16.6. The molecule has 2 amide bonds. The number of unbranched alkanes of at least 4 members (excludes halogenated alkanes) is 1. The molecule has 0 bridgehead atoms. The fraction of sp³-hybridized carbons (Fsp3) is 0.412. The number of amides is 2. The summed E-state index contributed by atoms with van der Waals surface area (Å²) in [5.41, 5.74) is 1.56. The third-order valence-corrected chi connectivity index (χ3v) is 3.63. The number of carbonyl (C=O) groups excluding carboxylic acids is 2. The highest BCUT2D eigenvalue weighted by molar-refractivity contribution is 6.03. The van der Waals surface area contributed by atoms with Crippen LogP contribution in [0.5, 0.6) is 0 Å². The number of ether oxygens (including phenoxy) is 1. The van der Waals surface area contributed by atoms with Crippen molar-refractivity contribution in [3.63, 3.8) is 0 Å². The first-order chi connectivity index (χ1) is 10.1. The molecule has 4 heteroatoms. The van der Waals surface area contributed by atoms with Crippen LogP contribution in [0.2, 0.25) is 0 Å². The summed E-state index contributed by atoms with van der Waals surface area (Å²) in [5, 5.41) is 0. The summed E-state index contributed by atoms with van der Waals surface area (Å²) in [6.45, 7) is 6.12. The van der Waals surface area contributed by atoms with Crippen LogP contribution in [0.15, 0.2) is 42.5 Å². The predicted molar refractivity (Wildman–Crippen MR) is 80.8 cm³/mol. The molecular formula is C17H21NO3. The van der Waals surface area contributed by atoms with Gasteiger partial charge >= 0.3 is 6.09 Å². The molecule has 1 aliphatic heterocycles. The molecule has 1 saturated heterocycles. The summed E-state index contributed by atoms with van der Waals surface area (Å²) in [7, 11) is 0. The average Bonchev–Trinajstić information content (AvgIpc) is 2.85. The van der Waals surface area contributed by atoms with Crippen molar-refractivity contribution in [1.82, 2.24) is 4.90 Å². The van der Waals surface area contributed by atoms with E-state index >= 15 is 0 Å². The zero-order valence-corrected chi connectivity index (χ0v) is 12.4. The molecule has 2 rings (SSSR count). The molecule has 0 aliphatic carbocycles. The standard InChI is InChI=1S/C17H21NO3/c1-3-4-8-13(2)16(19)18-15(12-21-17(18)20)11-14-9-6-5-7-10-14/h5-7,9-10,15H,2-4,8,11-12H2,1H3/t15-/m1/s1. The van der Waals surface area contributed by atoms with Gasteiger partial charge in [0.05, 0.1) is 6.04 Å². The van der Waals surface area contributed by atoms with Crippen molar-refractivity contribution < 1.29 is 14.3 Å². The van der Waals surface area contributed by atoms with E-state index in [0.717, 1.165) is 18.4 Å². The number of hydrogen-bond acceptors (Lipinski definition) is 3. The normalized spacial score (nSPS) is 17.7. The van der Waals surface area contributed by atoms with Crippen LogP contribution in [0.1, 0.15) is 31.7 Å². The second-order valence-corrected chi connectivity index (χ2v) is 5.30. The van der Waals surface area contributed by atoms with E-state index in [0.29, 0.717) is 18.4 Å². The lowest BCUT2D eigenvalue weighted by atomic mass is 10.0. The number of imide groups is 1. The Morgan fingerprint density at radius 3 is 2.76 bits per heavy atom. The molecular weight excluding hydrogens is 266 g/mol. The van der Waals surface area contributed by atoms with Gasteiger partial charge in [0.25, 0.3) is 5.91 Å². The number of nitrogens with zero attached hydrogens (tertiary/aromatic N) is 1. The van der Waals surface area contributed by atoms with E-state index in [-0.39, 0.29) is 18.6 Å². The Morgan fingerprint density at radius 2 is 2.10 bits per heavy atom. The second kappa shape index (κ2) is 7.07. The largest absolute Gasteiger partial charge is 0.447 e. The fourth-order valence-corrected chi connectivity index (χ4v) is 2.41. The summed E-state index contributed by atoms with van der Waals surface area (Å²) >= 11 is 0. The number of hydrogen-bond donors (Lipinski definition) is 0. The summed E-state index contributed by atoms with van der Waals surface area (Å²) in [4.78, 5) is 25.5. The SMILES string of the molecule is C=C(CCCC)C(=O)N1C(=O)OC[C@H]1Cc1ccccc1. The van der Waals surface area contributed by atoms with Crippen molar-refractivity contribution in [2.75, 3.05) is 6.61 Å². The van der Waals surface area contributed by atoms with E-state index in [1.165, 1.54) is 4.90 Å². The van der Waals surface area contributed by atoms with Crippen molar-refractivity contribution in [2.24, 2.45) is 0 Å². The van der Waals surface area contributed by atoms with Gasteiger partial charge in [-0.05, 0) is 24.8 Å². The molecule has 1 heterocycles. The average molecular weight is 287 g/mol. The van der Waals surface area contributed by atoms with Crippen molar-refractivity contribution in [1.29, 1.82) is 0 Å². The third-order valence-electron chi connectivity index (χ3n) is 3.63. The highest BCUT2D eigenvalue weighted by Gasteiger charge is 2.38. The Kier molecular flexibility index (Phi) is 5.14. The zero-order valence-electron chi connectivity index (χ0n) is 12.4. The van der Waals surface area contributed by atoms with Gasteiger partial charge in [-0.2, -0.15) is 0 Å². The molecule has 1 aromatic rings. The van der Waals surface area contributed by atoms with Crippen molar-refractivity contribution in [2.45, 2.75) is 38.6 Å².